The summed E-state index contributed by atoms with van der Waals surface area (Å²) in [6.45, 7) is 14.7. The summed E-state index contributed by atoms with van der Waals surface area (Å²) in [5, 5.41) is 0. The Balaban J connectivity index is 2.02. The molecule has 2 aromatic rings. The smallest absolute Gasteiger partial charge is 0.323 e. The number of carbonyl (C=O) groups is 1. The highest BCUT2D eigenvalue weighted by molar-refractivity contribution is 5.75. The maximum Gasteiger partial charge on any atom is 0.323 e. The SMILES string of the molecule is CCC(C)[C@H](N)C(=O)OCC[C@@H](COCC(C)CCC(C)(C)C)Cn1cnc2c(=O)[nH]c(N)nc21. The van der Waals surface area contributed by atoms with Gasteiger partial charge in [0.05, 0.1) is 19.5 Å². The number of nitrogens with two attached hydrogens (primary N) is 2. The number of nitrogens with one attached hydrogen (secondary N) is 1. The molecule has 0 saturated carbocycles. The molecule has 10 heteroatoms. The molecule has 0 aliphatic heterocycles. The van der Waals surface area contributed by atoms with Crippen molar-refractivity contribution in [1.82, 2.24) is 19.5 Å². The maximum absolute atomic E-state index is 12.3. The molecule has 0 amide bonds. The van der Waals surface area contributed by atoms with Gasteiger partial charge in [-0.25, -0.2) is 4.98 Å². The van der Waals surface area contributed by atoms with E-state index >= 15 is 0 Å². The number of rotatable bonds is 14. The molecule has 35 heavy (non-hydrogen) atoms. The summed E-state index contributed by atoms with van der Waals surface area (Å²) >= 11 is 0. The van der Waals surface area contributed by atoms with Crippen LogP contribution in [0, 0.1) is 23.2 Å². The summed E-state index contributed by atoms with van der Waals surface area (Å²) < 4.78 is 13.3. The highest BCUT2D eigenvalue weighted by atomic mass is 16.5. The molecule has 10 nitrogen and oxygen atoms in total. The molecule has 0 fully saturated rings. The molecule has 0 aliphatic carbocycles. The number of aromatic amines is 1. The number of hydrogen-bond donors (Lipinski definition) is 3. The largest absolute Gasteiger partial charge is 0.465 e. The van der Waals surface area contributed by atoms with Gasteiger partial charge in [0.15, 0.2) is 11.2 Å². The van der Waals surface area contributed by atoms with Crippen LogP contribution in [0.5, 0.6) is 0 Å². The lowest BCUT2D eigenvalue weighted by atomic mass is 9.87. The average molecular weight is 493 g/mol. The Bertz CT molecular complexity index is 996. The van der Waals surface area contributed by atoms with Gasteiger partial charge in [-0.3, -0.25) is 14.6 Å². The number of H-pyrrole nitrogens is 1. The van der Waals surface area contributed by atoms with Crippen LogP contribution in [0.25, 0.3) is 11.2 Å². The number of imidazole rings is 1. The van der Waals surface area contributed by atoms with E-state index in [0.29, 0.717) is 43.2 Å². The standard InChI is InChI=1S/C25H44N6O4/c1-7-17(3)19(26)23(33)35-11-9-18(14-34-13-16(2)8-10-25(4,5)6)12-31-15-28-20-21(31)29-24(27)30-22(20)32/h15-19H,7-14,26H2,1-6H3,(H3,27,29,30,32)/t16?,17?,18-,19+/m1/s1. The monoisotopic (exact) mass is 492 g/mol. The lowest BCUT2D eigenvalue weighted by Crippen LogP contribution is -2.38. The number of nitrogen functional groups attached to an aromatic ring is 1. The third kappa shape index (κ3) is 9.25. The van der Waals surface area contributed by atoms with Gasteiger partial charge >= 0.3 is 5.97 Å². The Morgan fingerprint density at radius 2 is 1.94 bits per heavy atom. The lowest BCUT2D eigenvalue weighted by Gasteiger charge is -2.23. The van der Waals surface area contributed by atoms with Crippen molar-refractivity contribution in [2.45, 2.75) is 79.8 Å². The summed E-state index contributed by atoms with van der Waals surface area (Å²) in [6.07, 6.45) is 5.19. The predicted octanol–water partition coefficient (Wildman–Crippen LogP) is 3.10. The van der Waals surface area contributed by atoms with Gasteiger partial charge in [-0.1, -0.05) is 48.0 Å². The minimum absolute atomic E-state index is 0.0113. The van der Waals surface area contributed by atoms with Gasteiger partial charge < -0.3 is 25.5 Å². The van der Waals surface area contributed by atoms with Crippen molar-refractivity contribution in [2.75, 3.05) is 25.6 Å². The minimum atomic E-state index is -0.630. The van der Waals surface area contributed by atoms with E-state index in [1.807, 2.05) is 13.8 Å². The van der Waals surface area contributed by atoms with Gasteiger partial charge in [0.25, 0.3) is 5.56 Å². The quantitative estimate of drug-likeness (QED) is 0.340. The Morgan fingerprint density at radius 3 is 2.60 bits per heavy atom. The van der Waals surface area contributed by atoms with Gasteiger partial charge in [0.1, 0.15) is 6.04 Å². The number of carbonyl (C=O) groups excluding carboxylic acids is 1. The van der Waals surface area contributed by atoms with Gasteiger partial charge in [-0.15, -0.1) is 0 Å². The molecular weight excluding hydrogens is 448 g/mol. The van der Waals surface area contributed by atoms with Crippen molar-refractivity contribution < 1.29 is 14.3 Å². The summed E-state index contributed by atoms with van der Waals surface area (Å²) in [5.41, 5.74) is 12.3. The molecule has 0 radical (unpaired) electrons. The molecule has 198 valence electrons. The van der Waals surface area contributed by atoms with Crippen molar-refractivity contribution >= 4 is 23.1 Å². The molecular formula is C25H44N6O4. The first-order valence-electron chi connectivity index (χ1n) is 12.6. The third-order valence-corrected chi connectivity index (χ3v) is 6.39. The van der Waals surface area contributed by atoms with Gasteiger partial charge in [0, 0.05) is 19.1 Å². The van der Waals surface area contributed by atoms with Crippen molar-refractivity contribution in [3.8, 4) is 0 Å². The molecule has 0 saturated heterocycles. The molecule has 2 unspecified atom stereocenters. The Hall–Kier alpha value is -2.46. The molecule has 0 aromatic carbocycles. The molecule has 2 aromatic heterocycles. The van der Waals surface area contributed by atoms with Crippen LogP contribution in [0.4, 0.5) is 5.95 Å². The zero-order valence-electron chi connectivity index (χ0n) is 22.2. The molecule has 0 spiro atoms. The fourth-order valence-corrected chi connectivity index (χ4v) is 3.72. The van der Waals surface area contributed by atoms with Crippen molar-refractivity contribution in [1.29, 1.82) is 0 Å². The van der Waals surface area contributed by atoms with E-state index in [1.165, 1.54) is 0 Å². The van der Waals surface area contributed by atoms with Crippen molar-refractivity contribution in [2.24, 2.45) is 28.9 Å². The van der Waals surface area contributed by atoms with Crippen LogP contribution >= 0.6 is 0 Å². The third-order valence-electron chi connectivity index (χ3n) is 6.39. The van der Waals surface area contributed by atoms with Crippen LogP contribution in [0.15, 0.2) is 11.1 Å². The number of ether oxygens (including phenoxy) is 2. The van der Waals surface area contributed by atoms with Crippen molar-refractivity contribution in [3.63, 3.8) is 0 Å². The molecule has 5 N–H and O–H groups in total. The Morgan fingerprint density at radius 1 is 1.23 bits per heavy atom. The van der Waals surface area contributed by atoms with Crippen LogP contribution in [-0.4, -0.2) is 51.4 Å². The normalized spacial score (nSPS) is 15.6. The van der Waals surface area contributed by atoms with Crippen LogP contribution in [0.1, 0.15) is 67.2 Å². The number of esters is 1. The van der Waals surface area contributed by atoms with E-state index in [9.17, 15) is 9.59 Å². The second kappa shape index (κ2) is 13.0. The number of anilines is 1. The zero-order chi connectivity index (χ0) is 26.2. The first-order valence-corrected chi connectivity index (χ1v) is 12.6. The molecule has 2 heterocycles. The summed E-state index contributed by atoms with van der Waals surface area (Å²) in [5.74, 6) is 0.164. The van der Waals surface area contributed by atoms with E-state index < -0.39 is 6.04 Å². The van der Waals surface area contributed by atoms with Crippen LogP contribution in [-0.2, 0) is 20.8 Å². The fourth-order valence-electron chi connectivity index (χ4n) is 3.72. The minimum Gasteiger partial charge on any atom is -0.465 e. The average Bonchev–Trinajstić information content (AvgIpc) is 3.18. The van der Waals surface area contributed by atoms with Gasteiger partial charge in [-0.05, 0) is 36.5 Å². The zero-order valence-corrected chi connectivity index (χ0v) is 22.2. The first-order chi connectivity index (χ1) is 16.4. The number of nitrogens with zero attached hydrogens (tertiary/aromatic N) is 3. The highest BCUT2D eigenvalue weighted by Gasteiger charge is 2.22. The Kier molecular flexibility index (Phi) is 10.7. The van der Waals surface area contributed by atoms with E-state index in [1.54, 1.807) is 10.9 Å². The number of hydrogen-bond acceptors (Lipinski definition) is 8. The van der Waals surface area contributed by atoms with Crippen LogP contribution in [0.2, 0.25) is 0 Å². The van der Waals surface area contributed by atoms with Gasteiger partial charge in [-0.2, -0.15) is 4.98 Å². The topological polar surface area (TPSA) is 151 Å². The lowest BCUT2D eigenvalue weighted by molar-refractivity contribution is -0.147. The van der Waals surface area contributed by atoms with E-state index in [-0.39, 0.29) is 41.4 Å². The predicted molar refractivity (Wildman–Crippen MR) is 138 cm³/mol. The van der Waals surface area contributed by atoms with E-state index in [2.05, 4.69) is 42.6 Å². The molecule has 2 rings (SSSR count). The number of fused-ring (bicyclic) bond motifs is 1. The second-order valence-electron chi connectivity index (χ2n) is 11.0. The van der Waals surface area contributed by atoms with Gasteiger partial charge in [0.2, 0.25) is 5.95 Å². The van der Waals surface area contributed by atoms with E-state index in [0.717, 1.165) is 19.3 Å². The fraction of sp³-hybridized carbons (Fsp3) is 0.760. The van der Waals surface area contributed by atoms with Crippen molar-refractivity contribution in [3.05, 3.63) is 16.7 Å². The van der Waals surface area contributed by atoms with E-state index in [4.69, 9.17) is 20.9 Å². The second-order valence-corrected chi connectivity index (χ2v) is 11.0. The molecule has 0 aliphatic rings. The maximum atomic E-state index is 12.3. The highest BCUT2D eigenvalue weighted by Crippen LogP contribution is 2.24. The molecule has 4 atom stereocenters. The summed E-state index contributed by atoms with van der Waals surface area (Å²) in [4.78, 5) is 35.3. The molecule has 0 bridgehead atoms. The van der Waals surface area contributed by atoms with Crippen LogP contribution in [0.3, 0.4) is 0 Å². The summed E-state index contributed by atoms with van der Waals surface area (Å²) in [6, 6.07) is -0.630. The van der Waals surface area contributed by atoms with Crippen LogP contribution < -0.4 is 17.0 Å². The number of aromatic nitrogens is 4. The summed E-state index contributed by atoms with van der Waals surface area (Å²) in [7, 11) is 0. The first kappa shape index (κ1) is 28.8. The Labute approximate surface area is 208 Å².